The second-order valence-corrected chi connectivity index (χ2v) is 4.53. The Morgan fingerprint density at radius 1 is 1.40 bits per heavy atom. The van der Waals surface area contributed by atoms with Crippen molar-refractivity contribution < 1.29 is 14.7 Å². The van der Waals surface area contributed by atoms with Crippen molar-refractivity contribution in [2.75, 3.05) is 6.54 Å². The number of carbonyl (C=O) groups excluding carboxylic acids is 1. The molecule has 1 aromatic heterocycles. The van der Waals surface area contributed by atoms with E-state index in [2.05, 4.69) is 24.1 Å². The number of amides is 1. The van der Waals surface area contributed by atoms with E-state index in [0.29, 0.717) is 23.6 Å². The standard InChI is InChI=1S/C15H20N2O3/c1-3-11(4-2)9-17-15(20)13-7-8-16-10-12(13)5-6-14(18)19/h5-8,10-11H,3-4,9H2,1-2H3,(H,17,20)(H,18,19)/b6-5+. The van der Waals surface area contributed by atoms with Crippen LogP contribution in [-0.4, -0.2) is 28.5 Å². The number of aromatic nitrogens is 1. The fourth-order valence-corrected chi connectivity index (χ4v) is 1.82. The van der Waals surface area contributed by atoms with Crippen molar-refractivity contribution >= 4 is 18.0 Å². The highest BCUT2D eigenvalue weighted by atomic mass is 16.4. The number of aliphatic carboxylic acids is 1. The number of carboxylic acid groups (broad SMARTS) is 1. The van der Waals surface area contributed by atoms with Gasteiger partial charge in [-0.3, -0.25) is 9.78 Å². The lowest BCUT2D eigenvalue weighted by Gasteiger charge is -2.13. The third kappa shape index (κ3) is 4.84. The molecule has 1 aromatic rings. The van der Waals surface area contributed by atoms with Gasteiger partial charge in [-0.25, -0.2) is 4.79 Å². The van der Waals surface area contributed by atoms with Gasteiger partial charge in [-0.2, -0.15) is 0 Å². The van der Waals surface area contributed by atoms with Crippen molar-refractivity contribution in [2.24, 2.45) is 5.92 Å². The number of rotatable bonds is 7. The van der Waals surface area contributed by atoms with Gasteiger partial charge in [0.1, 0.15) is 0 Å². The number of carboxylic acids is 1. The Morgan fingerprint density at radius 3 is 2.70 bits per heavy atom. The first kappa shape index (κ1) is 15.9. The van der Waals surface area contributed by atoms with Crippen molar-refractivity contribution in [2.45, 2.75) is 26.7 Å². The zero-order valence-electron chi connectivity index (χ0n) is 11.8. The first-order valence-corrected chi connectivity index (χ1v) is 6.71. The molecule has 0 aliphatic carbocycles. The first-order chi connectivity index (χ1) is 9.58. The minimum Gasteiger partial charge on any atom is -0.478 e. The summed E-state index contributed by atoms with van der Waals surface area (Å²) in [4.78, 5) is 26.6. The molecule has 5 nitrogen and oxygen atoms in total. The van der Waals surface area contributed by atoms with Crippen LogP contribution < -0.4 is 5.32 Å². The normalized spacial score (nSPS) is 10.9. The molecule has 1 amide bonds. The molecule has 0 spiro atoms. The minimum absolute atomic E-state index is 0.204. The smallest absolute Gasteiger partial charge is 0.328 e. The molecule has 0 aliphatic rings. The van der Waals surface area contributed by atoms with Crippen LogP contribution in [-0.2, 0) is 4.79 Å². The average Bonchev–Trinajstić information content (AvgIpc) is 2.46. The van der Waals surface area contributed by atoms with Crippen molar-refractivity contribution in [1.82, 2.24) is 10.3 Å². The SMILES string of the molecule is CCC(CC)CNC(=O)c1ccncc1/C=C/C(=O)O. The Morgan fingerprint density at radius 2 is 2.10 bits per heavy atom. The Hall–Kier alpha value is -2.17. The van der Waals surface area contributed by atoms with E-state index in [0.717, 1.165) is 18.9 Å². The third-order valence-electron chi connectivity index (χ3n) is 3.21. The van der Waals surface area contributed by atoms with Crippen molar-refractivity contribution in [3.8, 4) is 0 Å². The molecule has 0 bridgehead atoms. The molecule has 1 rings (SSSR count). The second kappa shape index (κ2) is 8.09. The van der Waals surface area contributed by atoms with Gasteiger partial charge in [-0.1, -0.05) is 26.7 Å². The third-order valence-corrected chi connectivity index (χ3v) is 3.21. The number of hydrogen-bond acceptors (Lipinski definition) is 3. The monoisotopic (exact) mass is 276 g/mol. The maximum atomic E-state index is 12.1. The van der Waals surface area contributed by atoms with E-state index in [1.807, 2.05) is 0 Å². The van der Waals surface area contributed by atoms with E-state index in [-0.39, 0.29) is 5.91 Å². The minimum atomic E-state index is -1.06. The van der Waals surface area contributed by atoms with Gasteiger partial charge in [0.2, 0.25) is 0 Å². The van der Waals surface area contributed by atoms with E-state index in [9.17, 15) is 9.59 Å². The highest BCUT2D eigenvalue weighted by Gasteiger charge is 2.11. The van der Waals surface area contributed by atoms with Crippen molar-refractivity contribution in [3.05, 3.63) is 35.7 Å². The quantitative estimate of drug-likeness (QED) is 0.749. The first-order valence-electron chi connectivity index (χ1n) is 6.71. The van der Waals surface area contributed by atoms with E-state index >= 15 is 0 Å². The molecule has 20 heavy (non-hydrogen) atoms. The summed E-state index contributed by atoms with van der Waals surface area (Å²) in [7, 11) is 0. The molecular formula is C15H20N2O3. The number of nitrogens with zero attached hydrogens (tertiary/aromatic N) is 1. The summed E-state index contributed by atoms with van der Waals surface area (Å²) in [6, 6.07) is 1.59. The van der Waals surface area contributed by atoms with Gasteiger partial charge < -0.3 is 10.4 Å². The summed E-state index contributed by atoms with van der Waals surface area (Å²) < 4.78 is 0. The molecule has 0 unspecified atom stereocenters. The molecule has 0 aromatic carbocycles. The Bertz CT molecular complexity index is 494. The largest absolute Gasteiger partial charge is 0.478 e. The molecule has 1 heterocycles. The molecule has 0 saturated carbocycles. The number of nitrogens with one attached hydrogen (secondary N) is 1. The topological polar surface area (TPSA) is 79.3 Å². The molecule has 5 heteroatoms. The van der Waals surface area contributed by atoms with Crippen LogP contribution in [0, 0.1) is 5.92 Å². The number of carbonyl (C=O) groups is 2. The number of pyridine rings is 1. The van der Waals surface area contributed by atoms with Gasteiger partial charge in [-0.05, 0) is 18.1 Å². The summed E-state index contributed by atoms with van der Waals surface area (Å²) in [5.41, 5.74) is 0.931. The second-order valence-electron chi connectivity index (χ2n) is 4.53. The van der Waals surface area contributed by atoms with Gasteiger partial charge in [0.15, 0.2) is 0 Å². The summed E-state index contributed by atoms with van der Waals surface area (Å²) in [5, 5.41) is 11.5. The Balaban J connectivity index is 2.80. The van der Waals surface area contributed by atoms with Crippen LogP contribution in [0.15, 0.2) is 24.5 Å². The van der Waals surface area contributed by atoms with Crippen LogP contribution in [0.5, 0.6) is 0 Å². The van der Waals surface area contributed by atoms with Crippen LogP contribution >= 0.6 is 0 Å². The predicted octanol–water partition coefficient (Wildman–Crippen LogP) is 2.35. The highest BCUT2D eigenvalue weighted by molar-refractivity contribution is 5.98. The zero-order chi connectivity index (χ0) is 15.0. The van der Waals surface area contributed by atoms with E-state index in [4.69, 9.17) is 5.11 Å². The van der Waals surface area contributed by atoms with Crippen LogP contribution in [0.1, 0.15) is 42.6 Å². The predicted molar refractivity (Wildman–Crippen MR) is 77.3 cm³/mol. The van der Waals surface area contributed by atoms with Crippen molar-refractivity contribution in [1.29, 1.82) is 0 Å². The molecule has 0 atom stereocenters. The average molecular weight is 276 g/mol. The zero-order valence-corrected chi connectivity index (χ0v) is 11.8. The molecule has 2 N–H and O–H groups in total. The molecule has 0 aliphatic heterocycles. The van der Waals surface area contributed by atoms with E-state index < -0.39 is 5.97 Å². The van der Waals surface area contributed by atoms with Crippen LogP contribution in [0.25, 0.3) is 6.08 Å². The fraction of sp³-hybridized carbons (Fsp3) is 0.400. The summed E-state index contributed by atoms with van der Waals surface area (Å²) in [5.74, 6) is -0.805. The van der Waals surface area contributed by atoms with Crippen LogP contribution in [0.2, 0.25) is 0 Å². The molecule has 0 radical (unpaired) electrons. The summed E-state index contributed by atoms with van der Waals surface area (Å²) in [6.07, 6.45) is 7.39. The van der Waals surface area contributed by atoms with E-state index in [1.165, 1.54) is 18.5 Å². The maximum absolute atomic E-state index is 12.1. The highest BCUT2D eigenvalue weighted by Crippen LogP contribution is 2.10. The lowest BCUT2D eigenvalue weighted by Crippen LogP contribution is -2.29. The fourth-order valence-electron chi connectivity index (χ4n) is 1.82. The van der Waals surface area contributed by atoms with Gasteiger partial charge in [0.25, 0.3) is 5.91 Å². The molecule has 0 saturated heterocycles. The van der Waals surface area contributed by atoms with Gasteiger partial charge >= 0.3 is 5.97 Å². The van der Waals surface area contributed by atoms with Crippen LogP contribution in [0.4, 0.5) is 0 Å². The van der Waals surface area contributed by atoms with E-state index in [1.54, 1.807) is 6.07 Å². The summed E-state index contributed by atoms with van der Waals surface area (Å²) >= 11 is 0. The number of hydrogen-bond donors (Lipinski definition) is 2. The van der Waals surface area contributed by atoms with Gasteiger partial charge in [0.05, 0.1) is 0 Å². The lowest BCUT2D eigenvalue weighted by atomic mass is 10.0. The van der Waals surface area contributed by atoms with Gasteiger partial charge in [-0.15, -0.1) is 0 Å². The van der Waals surface area contributed by atoms with Crippen molar-refractivity contribution in [3.63, 3.8) is 0 Å². The maximum Gasteiger partial charge on any atom is 0.328 e. The van der Waals surface area contributed by atoms with Crippen LogP contribution in [0.3, 0.4) is 0 Å². The van der Waals surface area contributed by atoms with Gasteiger partial charge in [0, 0.05) is 36.1 Å². The molecular weight excluding hydrogens is 256 g/mol. The summed E-state index contributed by atoms with van der Waals surface area (Å²) in [6.45, 7) is 4.80. The Labute approximate surface area is 118 Å². The molecule has 108 valence electrons. The molecule has 0 fully saturated rings. The lowest BCUT2D eigenvalue weighted by molar-refractivity contribution is -0.131. The Kier molecular flexibility index (Phi) is 6.43.